The van der Waals surface area contributed by atoms with Gasteiger partial charge in [0.25, 0.3) is 0 Å². The number of aromatic nitrogens is 1. The maximum Gasteiger partial charge on any atom is 0.140 e. The Morgan fingerprint density at radius 3 is 2.65 bits per heavy atom. The molecule has 1 aromatic heterocycles. The van der Waals surface area contributed by atoms with Crippen LogP contribution in [-0.4, -0.2) is 35.4 Å². The van der Waals surface area contributed by atoms with Crippen LogP contribution in [-0.2, 0) is 0 Å². The Morgan fingerprint density at radius 1 is 1.41 bits per heavy atom. The van der Waals surface area contributed by atoms with Crippen molar-refractivity contribution >= 4 is 23.4 Å². The summed E-state index contributed by atoms with van der Waals surface area (Å²) >= 11 is 1.96. The number of amidine groups is 1. The van der Waals surface area contributed by atoms with Gasteiger partial charge in [-0.1, -0.05) is 0 Å². The normalized spacial score (nSPS) is 16.0. The van der Waals surface area contributed by atoms with E-state index in [2.05, 4.69) is 9.88 Å². The number of thioether (sulfide) groups is 1. The summed E-state index contributed by atoms with van der Waals surface area (Å²) in [5.41, 5.74) is 8.50. The molecular formula is C12H18N4S. The molecule has 0 aliphatic carbocycles. The number of nitrogens with one attached hydrogen (secondary N) is 1. The molecule has 5 heteroatoms. The number of nitrogens with zero attached hydrogens (tertiary/aromatic N) is 2. The van der Waals surface area contributed by atoms with E-state index in [1.165, 1.54) is 0 Å². The van der Waals surface area contributed by atoms with E-state index in [1.807, 2.05) is 31.7 Å². The Morgan fingerprint density at radius 2 is 2.06 bits per heavy atom. The predicted molar refractivity (Wildman–Crippen MR) is 74.3 cm³/mol. The Hall–Kier alpha value is -1.23. The highest BCUT2D eigenvalue weighted by atomic mass is 32.2. The van der Waals surface area contributed by atoms with Crippen LogP contribution in [0.2, 0.25) is 0 Å². The average Bonchev–Trinajstić information content (AvgIpc) is 2.28. The maximum atomic E-state index is 7.71. The van der Waals surface area contributed by atoms with Gasteiger partial charge < -0.3 is 10.6 Å². The molecule has 0 saturated carbocycles. The number of anilines is 1. The molecule has 92 valence electrons. The van der Waals surface area contributed by atoms with Crippen molar-refractivity contribution in [2.45, 2.75) is 13.8 Å². The first-order valence-electron chi connectivity index (χ1n) is 5.75. The van der Waals surface area contributed by atoms with Crippen LogP contribution in [0.5, 0.6) is 0 Å². The zero-order valence-corrected chi connectivity index (χ0v) is 11.1. The number of hydrogen-bond acceptors (Lipinski definition) is 4. The highest BCUT2D eigenvalue weighted by Crippen LogP contribution is 2.24. The number of aryl methyl sites for hydroxylation is 2. The van der Waals surface area contributed by atoms with E-state index >= 15 is 0 Å². The molecule has 0 radical (unpaired) electrons. The van der Waals surface area contributed by atoms with Crippen LogP contribution >= 0.6 is 11.8 Å². The number of rotatable bonds is 2. The summed E-state index contributed by atoms with van der Waals surface area (Å²) in [5.74, 6) is 3.23. The third kappa shape index (κ3) is 2.54. The lowest BCUT2D eigenvalue weighted by Crippen LogP contribution is -2.35. The van der Waals surface area contributed by atoms with Gasteiger partial charge in [-0.3, -0.25) is 5.41 Å². The van der Waals surface area contributed by atoms with Gasteiger partial charge in [-0.2, -0.15) is 11.8 Å². The minimum absolute atomic E-state index is 0.114. The third-order valence-corrected chi connectivity index (χ3v) is 3.85. The second-order valence-electron chi connectivity index (χ2n) is 4.29. The van der Waals surface area contributed by atoms with E-state index in [1.54, 1.807) is 0 Å². The van der Waals surface area contributed by atoms with Crippen molar-refractivity contribution in [3.8, 4) is 0 Å². The Balaban J connectivity index is 2.46. The molecule has 1 fully saturated rings. The molecule has 4 nitrogen and oxygen atoms in total. The quantitative estimate of drug-likeness (QED) is 0.617. The Bertz CT molecular complexity index is 438. The fourth-order valence-electron chi connectivity index (χ4n) is 2.15. The van der Waals surface area contributed by atoms with Crippen molar-refractivity contribution in [3.63, 3.8) is 0 Å². The molecule has 2 rings (SSSR count). The van der Waals surface area contributed by atoms with Gasteiger partial charge in [-0.25, -0.2) is 4.98 Å². The van der Waals surface area contributed by atoms with Crippen molar-refractivity contribution < 1.29 is 0 Å². The van der Waals surface area contributed by atoms with Gasteiger partial charge in [0.05, 0.1) is 5.56 Å². The molecule has 2 heterocycles. The second-order valence-corrected chi connectivity index (χ2v) is 5.52. The van der Waals surface area contributed by atoms with Crippen LogP contribution in [0, 0.1) is 19.3 Å². The molecule has 1 aromatic rings. The van der Waals surface area contributed by atoms with Gasteiger partial charge in [-0.05, 0) is 25.5 Å². The van der Waals surface area contributed by atoms with Crippen LogP contribution in [0.1, 0.15) is 16.8 Å². The summed E-state index contributed by atoms with van der Waals surface area (Å²) < 4.78 is 0. The minimum Gasteiger partial charge on any atom is -0.384 e. The van der Waals surface area contributed by atoms with Gasteiger partial charge in [0.15, 0.2) is 0 Å². The zero-order valence-electron chi connectivity index (χ0n) is 10.3. The lowest BCUT2D eigenvalue weighted by molar-refractivity contribution is 0.832. The van der Waals surface area contributed by atoms with Gasteiger partial charge in [0.2, 0.25) is 0 Å². The molecule has 0 unspecified atom stereocenters. The van der Waals surface area contributed by atoms with Gasteiger partial charge in [-0.15, -0.1) is 0 Å². The number of nitrogens with two attached hydrogens (primary N) is 1. The van der Waals surface area contributed by atoms with Crippen molar-refractivity contribution in [3.05, 3.63) is 22.9 Å². The maximum absolute atomic E-state index is 7.71. The number of hydrogen-bond donors (Lipinski definition) is 2. The first-order valence-corrected chi connectivity index (χ1v) is 6.90. The molecule has 0 amide bonds. The summed E-state index contributed by atoms with van der Waals surface area (Å²) in [6, 6.07) is 1.99. The molecule has 0 aromatic carbocycles. The van der Waals surface area contributed by atoms with E-state index in [9.17, 15) is 0 Å². The Kier molecular flexibility index (Phi) is 3.57. The van der Waals surface area contributed by atoms with Crippen LogP contribution in [0.25, 0.3) is 0 Å². The monoisotopic (exact) mass is 250 g/mol. The summed E-state index contributed by atoms with van der Waals surface area (Å²) in [6.45, 7) is 5.95. The van der Waals surface area contributed by atoms with E-state index in [4.69, 9.17) is 11.1 Å². The molecule has 0 spiro atoms. The third-order valence-electron chi connectivity index (χ3n) is 2.91. The van der Waals surface area contributed by atoms with E-state index < -0.39 is 0 Å². The smallest absolute Gasteiger partial charge is 0.140 e. The SMILES string of the molecule is Cc1cc(C)c(C(=N)N)c(N2CCSCC2)n1. The molecule has 17 heavy (non-hydrogen) atoms. The van der Waals surface area contributed by atoms with Gasteiger partial charge >= 0.3 is 0 Å². The minimum atomic E-state index is 0.114. The largest absolute Gasteiger partial charge is 0.384 e. The molecule has 1 saturated heterocycles. The molecular weight excluding hydrogens is 232 g/mol. The Labute approximate surface area is 106 Å². The topological polar surface area (TPSA) is 66.0 Å². The second kappa shape index (κ2) is 4.96. The molecule has 0 atom stereocenters. The summed E-state index contributed by atoms with van der Waals surface area (Å²) in [6.07, 6.45) is 0. The van der Waals surface area contributed by atoms with Gasteiger partial charge in [0, 0.05) is 30.3 Å². The summed E-state index contributed by atoms with van der Waals surface area (Å²) in [4.78, 5) is 6.82. The van der Waals surface area contributed by atoms with Crippen molar-refractivity contribution in [1.82, 2.24) is 4.98 Å². The number of nitrogen functional groups attached to an aromatic ring is 1. The van der Waals surface area contributed by atoms with E-state index in [-0.39, 0.29) is 5.84 Å². The average molecular weight is 250 g/mol. The van der Waals surface area contributed by atoms with Crippen molar-refractivity contribution in [1.29, 1.82) is 5.41 Å². The number of pyridine rings is 1. The van der Waals surface area contributed by atoms with Crippen molar-refractivity contribution in [2.75, 3.05) is 29.5 Å². The van der Waals surface area contributed by atoms with Crippen molar-refractivity contribution in [2.24, 2.45) is 5.73 Å². The van der Waals surface area contributed by atoms with Crippen LogP contribution in [0.15, 0.2) is 6.07 Å². The van der Waals surface area contributed by atoms with Crippen LogP contribution in [0.4, 0.5) is 5.82 Å². The molecule has 0 bridgehead atoms. The molecule has 1 aliphatic heterocycles. The highest BCUT2D eigenvalue weighted by molar-refractivity contribution is 7.99. The zero-order chi connectivity index (χ0) is 12.4. The fraction of sp³-hybridized carbons (Fsp3) is 0.500. The van der Waals surface area contributed by atoms with Crippen LogP contribution in [0.3, 0.4) is 0 Å². The molecule has 1 aliphatic rings. The lowest BCUT2D eigenvalue weighted by Gasteiger charge is -2.29. The van der Waals surface area contributed by atoms with Gasteiger partial charge in [0.1, 0.15) is 11.7 Å². The lowest BCUT2D eigenvalue weighted by atomic mass is 10.1. The molecule has 3 N–H and O–H groups in total. The van der Waals surface area contributed by atoms with E-state index in [0.717, 1.165) is 47.2 Å². The fourth-order valence-corrected chi connectivity index (χ4v) is 3.06. The standard InChI is InChI=1S/C12H18N4S/c1-8-7-9(2)15-12(10(8)11(13)14)16-3-5-17-6-4-16/h7H,3-6H2,1-2H3,(H3,13,14). The van der Waals surface area contributed by atoms with Crippen LogP contribution < -0.4 is 10.6 Å². The predicted octanol–water partition coefficient (Wildman–Crippen LogP) is 1.54. The first-order chi connectivity index (χ1) is 8.09. The summed E-state index contributed by atoms with van der Waals surface area (Å²) in [5, 5.41) is 7.71. The highest BCUT2D eigenvalue weighted by Gasteiger charge is 2.19. The van der Waals surface area contributed by atoms with E-state index in [0.29, 0.717) is 0 Å². The first kappa shape index (κ1) is 12.2. The summed E-state index contributed by atoms with van der Waals surface area (Å²) in [7, 11) is 0.